The minimum Gasteiger partial charge on any atom is -0.481 e. The highest BCUT2D eigenvalue weighted by Gasteiger charge is 2.23. The van der Waals surface area contributed by atoms with Crippen molar-refractivity contribution in [2.24, 2.45) is 0 Å². The van der Waals surface area contributed by atoms with Crippen LogP contribution in [0.4, 0.5) is 4.79 Å². The maximum Gasteiger partial charge on any atom is 0.407 e. The number of alkyl carbamates (subject to hydrolysis) is 1. The summed E-state index contributed by atoms with van der Waals surface area (Å²) in [5, 5.41) is 32.1. The number of hydrogen-bond donors (Lipinski definition) is 4. The Morgan fingerprint density at radius 2 is 1.81 bits per heavy atom. The van der Waals surface area contributed by atoms with Crippen LogP contribution in [-0.4, -0.2) is 40.0 Å². The summed E-state index contributed by atoms with van der Waals surface area (Å²) in [6.07, 6.45) is -3.85. The molecule has 2 aromatic carbocycles. The molecular weight excluding hydrogens is 374 g/mol. The van der Waals surface area contributed by atoms with Gasteiger partial charge in [0.05, 0.1) is 6.42 Å². The van der Waals surface area contributed by atoms with Crippen molar-refractivity contribution in [2.75, 3.05) is 6.54 Å². The van der Waals surface area contributed by atoms with Crippen molar-refractivity contribution in [3.63, 3.8) is 0 Å². The maximum atomic E-state index is 11.7. The maximum absolute atomic E-state index is 11.7. The molecule has 0 aliphatic heterocycles. The molecule has 0 heterocycles. The van der Waals surface area contributed by atoms with Gasteiger partial charge in [0.25, 0.3) is 0 Å². The highest BCUT2D eigenvalue weighted by Crippen LogP contribution is 2.25. The monoisotopic (exact) mass is 393 g/mol. The van der Waals surface area contributed by atoms with Gasteiger partial charge in [-0.05, 0) is 28.8 Å². The fourth-order valence-corrected chi connectivity index (χ4v) is 2.65. The van der Waals surface area contributed by atoms with Gasteiger partial charge in [-0.3, -0.25) is 4.79 Å². The Morgan fingerprint density at radius 1 is 1.11 bits per heavy atom. The van der Waals surface area contributed by atoms with Gasteiger partial charge >= 0.3 is 12.1 Å². The zero-order chi connectivity index (χ0) is 19.8. The summed E-state index contributed by atoms with van der Waals surface area (Å²) in [4.78, 5) is 22.7. The van der Waals surface area contributed by atoms with Gasteiger partial charge in [-0.1, -0.05) is 48.0 Å². The van der Waals surface area contributed by atoms with Crippen molar-refractivity contribution >= 4 is 23.7 Å². The van der Waals surface area contributed by atoms with Crippen LogP contribution in [0.3, 0.4) is 0 Å². The van der Waals surface area contributed by atoms with Crippen LogP contribution in [0.1, 0.15) is 22.8 Å². The Balaban J connectivity index is 1.90. The molecule has 0 fully saturated rings. The zero-order valence-corrected chi connectivity index (χ0v) is 15.1. The fourth-order valence-electron chi connectivity index (χ4n) is 2.46. The van der Waals surface area contributed by atoms with E-state index < -0.39 is 24.3 Å². The standard InChI is InChI=1S/C19H20ClNO6/c20-14-6-7-15(13(8-14)9-17(23)24)18(25)16(22)10-21-19(26)27-11-12-4-2-1-3-5-12/h1-8,16,18,22,25H,9-11H2,(H,21,26)(H,23,24). The number of aliphatic carboxylic acids is 1. The van der Waals surface area contributed by atoms with Crippen molar-refractivity contribution in [3.8, 4) is 0 Å². The number of halogens is 1. The van der Waals surface area contributed by atoms with E-state index in [0.717, 1.165) is 5.56 Å². The molecule has 27 heavy (non-hydrogen) atoms. The van der Waals surface area contributed by atoms with Crippen molar-refractivity contribution < 1.29 is 29.6 Å². The fraction of sp³-hybridized carbons (Fsp3) is 0.263. The zero-order valence-electron chi connectivity index (χ0n) is 14.3. The quantitative estimate of drug-likeness (QED) is 0.546. The van der Waals surface area contributed by atoms with Gasteiger partial charge in [0, 0.05) is 11.6 Å². The first-order valence-corrected chi connectivity index (χ1v) is 8.55. The van der Waals surface area contributed by atoms with Gasteiger partial charge in [-0.15, -0.1) is 0 Å². The molecule has 2 aromatic rings. The number of amides is 1. The topological polar surface area (TPSA) is 116 Å². The molecule has 7 nitrogen and oxygen atoms in total. The first-order valence-electron chi connectivity index (χ1n) is 8.17. The second-order valence-corrected chi connectivity index (χ2v) is 6.30. The smallest absolute Gasteiger partial charge is 0.407 e. The molecule has 0 saturated heterocycles. The van der Waals surface area contributed by atoms with E-state index in [1.165, 1.54) is 18.2 Å². The SMILES string of the molecule is O=C(O)Cc1cc(Cl)ccc1C(O)C(O)CNC(=O)OCc1ccccc1. The molecule has 1 amide bonds. The van der Waals surface area contributed by atoms with E-state index in [4.69, 9.17) is 21.4 Å². The lowest BCUT2D eigenvalue weighted by molar-refractivity contribution is -0.136. The number of aliphatic hydroxyl groups excluding tert-OH is 2. The number of hydrogen-bond acceptors (Lipinski definition) is 5. The molecule has 0 spiro atoms. The van der Waals surface area contributed by atoms with Crippen molar-refractivity contribution in [2.45, 2.75) is 25.2 Å². The molecule has 0 radical (unpaired) electrons. The highest BCUT2D eigenvalue weighted by atomic mass is 35.5. The molecule has 2 rings (SSSR count). The van der Waals surface area contributed by atoms with Gasteiger partial charge < -0.3 is 25.4 Å². The summed E-state index contributed by atoms with van der Waals surface area (Å²) in [5.74, 6) is -1.09. The molecule has 0 bridgehead atoms. The lowest BCUT2D eigenvalue weighted by Crippen LogP contribution is -2.36. The molecule has 0 aliphatic carbocycles. The van der Waals surface area contributed by atoms with Crippen LogP contribution < -0.4 is 5.32 Å². The Hall–Kier alpha value is -2.61. The first kappa shape index (κ1) is 20.7. The second kappa shape index (κ2) is 9.91. The summed E-state index contributed by atoms with van der Waals surface area (Å²) < 4.78 is 5.02. The van der Waals surface area contributed by atoms with Crippen LogP contribution in [0.2, 0.25) is 5.02 Å². The number of carbonyl (C=O) groups excluding carboxylic acids is 1. The van der Waals surface area contributed by atoms with Crippen molar-refractivity contribution in [1.82, 2.24) is 5.32 Å². The largest absolute Gasteiger partial charge is 0.481 e. The third kappa shape index (κ3) is 6.56. The average Bonchev–Trinajstić information content (AvgIpc) is 2.64. The number of rotatable bonds is 8. The lowest BCUT2D eigenvalue weighted by atomic mass is 9.96. The Kier molecular flexibility index (Phi) is 7.60. The number of benzene rings is 2. The van der Waals surface area contributed by atoms with Crippen molar-refractivity contribution in [1.29, 1.82) is 0 Å². The minimum absolute atomic E-state index is 0.0747. The van der Waals surface area contributed by atoms with E-state index in [1.807, 2.05) is 18.2 Å². The van der Waals surface area contributed by atoms with E-state index in [1.54, 1.807) is 12.1 Å². The van der Waals surface area contributed by atoms with Crippen LogP contribution in [0.25, 0.3) is 0 Å². The summed E-state index contributed by atoms with van der Waals surface area (Å²) >= 11 is 5.86. The normalized spacial score (nSPS) is 12.9. The van der Waals surface area contributed by atoms with E-state index in [0.29, 0.717) is 5.02 Å². The number of carbonyl (C=O) groups is 2. The molecule has 4 N–H and O–H groups in total. The average molecular weight is 394 g/mol. The summed E-state index contributed by atoms with van der Waals surface area (Å²) in [6, 6.07) is 13.4. The summed E-state index contributed by atoms with van der Waals surface area (Å²) in [5.41, 5.74) is 1.33. The molecular formula is C19H20ClNO6. The Morgan fingerprint density at radius 3 is 2.48 bits per heavy atom. The van der Waals surface area contributed by atoms with Crippen LogP contribution in [-0.2, 0) is 22.6 Å². The van der Waals surface area contributed by atoms with Gasteiger partial charge in [0.1, 0.15) is 18.8 Å². The van der Waals surface area contributed by atoms with Gasteiger partial charge in [-0.25, -0.2) is 4.79 Å². The molecule has 0 aromatic heterocycles. The number of aliphatic hydroxyl groups is 2. The molecule has 8 heteroatoms. The molecule has 0 aliphatic rings. The predicted molar refractivity (Wildman–Crippen MR) is 98.4 cm³/mol. The first-order chi connectivity index (χ1) is 12.9. The van der Waals surface area contributed by atoms with Crippen LogP contribution in [0.15, 0.2) is 48.5 Å². The second-order valence-electron chi connectivity index (χ2n) is 5.87. The highest BCUT2D eigenvalue weighted by molar-refractivity contribution is 6.30. The Bertz CT molecular complexity index is 783. The third-order valence-corrected chi connectivity index (χ3v) is 4.03. The van der Waals surface area contributed by atoms with E-state index >= 15 is 0 Å². The predicted octanol–water partition coefficient (Wildman–Crippen LogP) is 2.29. The van der Waals surface area contributed by atoms with E-state index in [2.05, 4.69) is 5.32 Å². The summed E-state index contributed by atoms with van der Waals surface area (Å²) in [6.45, 7) is -0.199. The van der Waals surface area contributed by atoms with Crippen molar-refractivity contribution in [3.05, 3.63) is 70.2 Å². The number of ether oxygens (including phenoxy) is 1. The van der Waals surface area contributed by atoms with Gasteiger partial charge in [0.2, 0.25) is 0 Å². The minimum atomic E-state index is -1.40. The van der Waals surface area contributed by atoms with Gasteiger partial charge in [0.15, 0.2) is 0 Å². The molecule has 2 atom stereocenters. The number of carboxylic acid groups (broad SMARTS) is 1. The molecule has 0 saturated carbocycles. The van der Waals surface area contributed by atoms with Crippen LogP contribution >= 0.6 is 11.6 Å². The van der Waals surface area contributed by atoms with E-state index in [-0.39, 0.29) is 30.7 Å². The number of nitrogens with one attached hydrogen (secondary N) is 1. The lowest BCUT2D eigenvalue weighted by Gasteiger charge is -2.21. The number of carboxylic acids is 1. The molecule has 2 unspecified atom stereocenters. The van der Waals surface area contributed by atoms with Crippen LogP contribution in [0.5, 0.6) is 0 Å². The van der Waals surface area contributed by atoms with Crippen LogP contribution in [0, 0.1) is 0 Å². The summed E-state index contributed by atoms with van der Waals surface area (Å²) in [7, 11) is 0. The molecule has 144 valence electrons. The Labute approximate surface area is 161 Å². The van der Waals surface area contributed by atoms with Gasteiger partial charge in [-0.2, -0.15) is 0 Å². The third-order valence-electron chi connectivity index (χ3n) is 3.80. The van der Waals surface area contributed by atoms with E-state index in [9.17, 15) is 19.8 Å².